The van der Waals surface area contributed by atoms with Gasteiger partial charge in [0.25, 0.3) is 5.91 Å². The number of hydrogen-bond acceptors (Lipinski definition) is 4. The first-order valence-electron chi connectivity index (χ1n) is 7.86. The fourth-order valence-electron chi connectivity index (χ4n) is 2.47. The molecule has 3 aromatic rings. The summed E-state index contributed by atoms with van der Waals surface area (Å²) in [5, 5.41) is 7.58. The Morgan fingerprint density at radius 2 is 1.96 bits per heavy atom. The van der Waals surface area contributed by atoms with E-state index >= 15 is 0 Å². The maximum atomic E-state index is 12.4. The van der Waals surface area contributed by atoms with E-state index in [9.17, 15) is 9.00 Å². The number of benzene rings is 1. The molecule has 0 bridgehead atoms. The Bertz CT molecular complexity index is 973. The second-order valence-corrected chi connectivity index (χ2v) is 8.11. The van der Waals surface area contributed by atoms with E-state index in [0.29, 0.717) is 5.56 Å². The smallest absolute Gasteiger partial charge is 0.251 e. The second kappa shape index (κ2) is 6.40. The number of carbonyl (C=O) groups excluding carboxylic acids is 1. The number of nitrogens with one attached hydrogen (secondary N) is 1. The average Bonchev–Trinajstić information content (AvgIpc) is 2.96. The number of nitrogens with zero attached hydrogens (tertiary/aromatic N) is 3. The average molecular weight is 356 g/mol. The van der Waals surface area contributed by atoms with Gasteiger partial charge in [-0.3, -0.25) is 9.00 Å². The van der Waals surface area contributed by atoms with E-state index in [1.54, 1.807) is 23.0 Å². The van der Waals surface area contributed by atoms with Gasteiger partial charge in [0.15, 0.2) is 0 Å². The molecule has 2 heterocycles. The summed E-state index contributed by atoms with van der Waals surface area (Å²) in [5.74, 6) is -0.125. The van der Waals surface area contributed by atoms with Gasteiger partial charge in [-0.1, -0.05) is 12.1 Å². The van der Waals surface area contributed by atoms with Crippen molar-refractivity contribution in [3.8, 4) is 11.3 Å². The van der Waals surface area contributed by atoms with Crippen molar-refractivity contribution in [3.05, 3.63) is 48.2 Å². The predicted octanol–water partition coefficient (Wildman–Crippen LogP) is 2.66. The highest BCUT2D eigenvalue weighted by Crippen LogP contribution is 2.23. The first-order chi connectivity index (χ1) is 11.7. The van der Waals surface area contributed by atoms with Gasteiger partial charge in [0, 0.05) is 22.9 Å². The molecule has 3 rings (SSSR count). The Hall–Kier alpha value is -2.54. The molecular formula is C18H20N4O2S. The van der Waals surface area contributed by atoms with Crippen molar-refractivity contribution in [1.82, 2.24) is 19.9 Å². The molecule has 0 fully saturated rings. The lowest BCUT2D eigenvalue weighted by atomic mass is 10.1. The summed E-state index contributed by atoms with van der Waals surface area (Å²) in [6, 6.07) is 11.2. The molecule has 1 aromatic carbocycles. The van der Waals surface area contributed by atoms with Gasteiger partial charge < -0.3 is 5.32 Å². The molecule has 2 aromatic heterocycles. The third-order valence-corrected chi connectivity index (χ3v) is 4.24. The van der Waals surface area contributed by atoms with Crippen LogP contribution in [0.15, 0.2) is 47.8 Å². The molecule has 0 aliphatic rings. The van der Waals surface area contributed by atoms with Crippen LogP contribution in [0.1, 0.15) is 31.1 Å². The third-order valence-electron chi connectivity index (χ3n) is 3.54. The van der Waals surface area contributed by atoms with Crippen LogP contribution in [0.5, 0.6) is 0 Å². The maximum Gasteiger partial charge on any atom is 0.251 e. The topological polar surface area (TPSA) is 76.4 Å². The Morgan fingerprint density at radius 1 is 1.20 bits per heavy atom. The molecule has 0 radical (unpaired) electrons. The molecule has 25 heavy (non-hydrogen) atoms. The molecule has 1 atom stereocenters. The maximum absolute atomic E-state index is 12.4. The quantitative estimate of drug-likeness (QED) is 0.783. The Labute approximate surface area is 148 Å². The van der Waals surface area contributed by atoms with Crippen LogP contribution in [0.2, 0.25) is 0 Å². The van der Waals surface area contributed by atoms with Crippen molar-refractivity contribution in [3.63, 3.8) is 0 Å². The molecule has 0 spiro atoms. The van der Waals surface area contributed by atoms with Crippen LogP contribution >= 0.6 is 0 Å². The number of amides is 1. The molecule has 130 valence electrons. The Morgan fingerprint density at radius 3 is 2.64 bits per heavy atom. The molecule has 0 saturated heterocycles. The number of fused-ring (bicyclic) bond motifs is 1. The van der Waals surface area contributed by atoms with E-state index in [1.807, 2.05) is 51.1 Å². The van der Waals surface area contributed by atoms with Gasteiger partial charge in [0.05, 0.1) is 28.2 Å². The molecular weight excluding hydrogens is 336 g/mol. The summed E-state index contributed by atoms with van der Waals surface area (Å²) in [6.45, 7) is 5.83. The SMILES string of the molecule is CS(=O)c1ncc2ccc(-c3cccc(C(=O)NC(C)(C)C)c3)n2n1. The minimum Gasteiger partial charge on any atom is -0.347 e. The highest BCUT2D eigenvalue weighted by atomic mass is 32.2. The van der Waals surface area contributed by atoms with Crippen LogP contribution in [-0.2, 0) is 10.8 Å². The van der Waals surface area contributed by atoms with Crippen LogP contribution < -0.4 is 5.32 Å². The zero-order valence-electron chi connectivity index (χ0n) is 14.6. The third kappa shape index (κ3) is 3.76. The first-order valence-corrected chi connectivity index (χ1v) is 9.41. The lowest BCUT2D eigenvalue weighted by Crippen LogP contribution is -2.40. The van der Waals surface area contributed by atoms with Crippen molar-refractivity contribution >= 4 is 22.2 Å². The number of hydrogen-bond donors (Lipinski definition) is 1. The molecule has 7 heteroatoms. The van der Waals surface area contributed by atoms with E-state index in [0.717, 1.165) is 16.8 Å². The molecule has 0 aliphatic heterocycles. The van der Waals surface area contributed by atoms with Gasteiger partial charge in [0.2, 0.25) is 5.16 Å². The monoisotopic (exact) mass is 356 g/mol. The first kappa shape index (κ1) is 17.3. The van der Waals surface area contributed by atoms with Crippen molar-refractivity contribution in [2.24, 2.45) is 0 Å². The summed E-state index contributed by atoms with van der Waals surface area (Å²) in [7, 11) is -1.26. The van der Waals surface area contributed by atoms with Crippen LogP contribution in [-0.4, -0.2) is 36.5 Å². The molecule has 6 nitrogen and oxygen atoms in total. The lowest BCUT2D eigenvalue weighted by molar-refractivity contribution is 0.0919. The largest absolute Gasteiger partial charge is 0.347 e. The van der Waals surface area contributed by atoms with Crippen LogP contribution in [0.3, 0.4) is 0 Å². The fourth-order valence-corrected chi connectivity index (χ4v) is 2.87. The Kier molecular flexibility index (Phi) is 4.43. The van der Waals surface area contributed by atoms with Gasteiger partial charge in [-0.15, -0.1) is 5.10 Å². The zero-order valence-corrected chi connectivity index (χ0v) is 15.4. The minimum atomic E-state index is -1.26. The summed E-state index contributed by atoms with van der Waals surface area (Å²) in [6.07, 6.45) is 3.19. The highest BCUT2D eigenvalue weighted by Gasteiger charge is 2.16. The van der Waals surface area contributed by atoms with Gasteiger partial charge in [-0.25, -0.2) is 9.50 Å². The highest BCUT2D eigenvalue weighted by molar-refractivity contribution is 7.84. The van der Waals surface area contributed by atoms with Gasteiger partial charge >= 0.3 is 0 Å². The second-order valence-electron chi connectivity index (χ2n) is 6.84. The van der Waals surface area contributed by atoms with Crippen LogP contribution in [0, 0.1) is 0 Å². The molecule has 1 amide bonds. The minimum absolute atomic E-state index is 0.125. The summed E-state index contributed by atoms with van der Waals surface area (Å²) in [5.41, 5.74) is 2.74. The van der Waals surface area contributed by atoms with Crippen molar-refractivity contribution in [1.29, 1.82) is 0 Å². The fraction of sp³-hybridized carbons (Fsp3) is 0.278. The van der Waals surface area contributed by atoms with Gasteiger partial charge in [0.1, 0.15) is 0 Å². The molecule has 0 saturated carbocycles. The van der Waals surface area contributed by atoms with Crippen molar-refractivity contribution in [2.75, 3.05) is 6.26 Å². The predicted molar refractivity (Wildman–Crippen MR) is 98.0 cm³/mol. The van der Waals surface area contributed by atoms with E-state index < -0.39 is 10.8 Å². The van der Waals surface area contributed by atoms with E-state index in [-0.39, 0.29) is 16.6 Å². The zero-order chi connectivity index (χ0) is 18.2. The van der Waals surface area contributed by atoms with E-state index in [1.165, 1.54) is 0 Å². The summed E-state index contributed by atoms with van der Waals surface area (Å²) < 4.78 is 13.4. The summed E-state index contributed by atoms with van der Waals surface area (Å²) in [4.78, 5) is 16.5. The number of aromatic nitrogens is 3. The Balaban J connectivity index is 2.04. The van der Waals surface area contributed by atoms with E-state index in [4.69, 9.17) is 0 Å². The van der Waals surface area contributed by atoms with Crippen LogP contribution in [0.4, 0.5) is 0 Å². The summed E-state index contributed by atoms with van der Waals surface area (Å²) >= 11 is 0. The van der Waals surface area contributed by atoms with E-state index in [2.05, 4.69) is 15.4 Å². The molecule has 1 N–H and O–H groups in total. The molecule has 0 aliphatic carbocycles. The number of rotatable bonds is 3. The van der Waals surface area contributed by atoms with Crippen molar-refractivity contribution < 1.29 is 9.00 Å². The lowest BCUT2D eigenvalue weighted by Gasteiger charge is -2.20. The normalized spacial score (nSPS) is 13.0. The van der Waals surface area contributed by atoms with Crippen LogP contribution in [0.25, 0.3) is 16.8 Å². The van der Waals surface area contributed by atoms with Gasteiger partial charge in [-0.2, -0.15) is 0 Å². The molecule has 1 unspecified atom stereocenters. The van der Waals surface area contributed by atoms with Crippen molar-refractivity contribution in [2.45, 2.75) is 31.5 Å². The van der Waals surface area contributed by atoms with Gasteiger partial charge in [-0.05, 0) is 45.0 Å². The standard InChI is InChI=1S/C18H20N4O2S/c1-18(2,3)20-16(23)13-7-5-6-12(10-13)15-9-8-14-11-19-17(25(4)24)21-22(14)15/h5-11H,1-4H3,(H,20,23). The number of carbonyl (C=O) groups is 1.